The Morgan fingerprint density at radius 2 is 1.90 bits per heavy atom. The zero-order valence-corrected chi connectivity index (χ0v) is 12.9. The van der Waals surface area contributed by atoms with Gasteiger partial charge in [-0.05, 0) is 19.3 Å². The van der Waals surface area contributed by atoms with Gasteiger partial charge in [0.15, 0.2) is 0 Å². The summed E-state index contributed by atoms with van der Waals surface area (Å²) in [5.41, 5.74) is 0. The Kier molecular flexibility index (Phi) is 5.38. The topological polar surface area (TPSA) is 57.2 Å². The molecule has 6 nitrogen and oxygen atoms in total. The second-order valence-electron chi connectivity index (χ2n) is 5.33. The number of nitrogens with one attached hydrogen (secondary N) is 1. The Hall–Kier alpha value is -1.59. The first kappa shape index (κ1) is 14.8. The normalized spacial score (nSPS) is 14.7. The molecule has 1 aliphatic rings. The van der Waals surface area contributed by atoms with Crippen molar-refractivity contribution in [2.24, 2.45) is 0 Å². The van der Waals surface area contributed by atoms with Gasteiger partial charge in [-0.1, -0.05) is 19.8 Å². The van der Waals surface area contributed by atoms with Crippen molar-refractivity contribution in [3.05, 3.63) is 0 Å². The van der Waals surface area contributed by atoms with Crippen molar-refractivity contribution in [1.82, 2.24) is 15.0 Å². The maximum Gasteiger partial charge on any atom is 0.231 e. The highest BCUT2D eigenvalue weighted by Gasteiger charge is 2.18. The summed E-state index contributed by atoms with van der Waals surface area (Å²) in [6.07, 6.45) is 6.09. The van der Waals surface area contributed by atoms with Gasteiger partial charge in [-0.3, -0.25) is 0 Å². The Morgan fingerprint density at radius 1 is 1.15 bits per heavy atom. The van der Waals surface area contributed by atoms with Crippen LogP contribution in [0, 0.1) is 0 Å². The van der Waals surface area contributed by atoms with E-state index in [1.54, 1.807) is 0 Å². The predicted octanol–water partition coefficient (Wildman–Crippen LogP) is 2.14. The van der Waals surface area contributed by atoms with E-state index in [-0.39, 0.29) is 0 Å². The number of unbranched alkanes of at least 4 members (excludes halogenated alkanes) is 2. The monoisotopic (exact) mass is 278 g/mol. The van der Waals surface area contributed by atoms with Crippen LogP contribution in [0.5, 0.6) is 0 Å². The average Bonchev–Trinajstić information content (AvgIpc) is 3.01. The van der Waals surface area contributed by atoms with Gasteiger partial charge in [-0.25, -0.2) is 0 Å². The fraction of sp³-hybridized carbons (Fsp3) is 0.786. The highest BCUT2D eigenvalue weighted by molar-refractivity contribution is 5.45. The van der Waals surface area contributed by atoms with Gasteiger partial charge < -0.3 is 15.1 Å². The first-order valence-electron chi connectivity index (χ1n) is 7.64. The van der Waals surface area contributed by atoms with Crippen molar-refractivity contribution in [2.45, 2.75) is 39.0 Å². The summed E-state index contributed by atoms with van der Waals surface area (Å²) in [5, 5.41) is 3.04. The van der Waals surface area contributed by atoms with Gasteiger partial charge in [0.1, 0.15) is 0 Å². The number of anilines is 3. The Bertz CT molecular complexity index is 416. The van der Waals surface area contributed by atoms with Gasteiger partial charge in [-0.15, -0.1) is 0 Å². The summed E-state index contributed by atoms with van der Waals surface area (Å²) in [6, 6.07) is 0. The van der Waals surface area contributed by atoms with Crippen molar-refractivity contribution in [2.75, 3.05) is 48.8 Å². The number of rotatable bonds is 7. The lowest BCUT2D eigenvalue weighted by atomic mass is 10.2. The maximum absolute atomic E-state index is 4.63. The molecule has 0 aromatic carbocycles. The average molecular weight is 278 g/mol. The molecule has 0 bridgehead atoms. The Morgan fingerprint density at radius 3 is 2.55 bits per heavy atom. The summed E-state index contributed by atoms with van der Waals surface area (Å²) in [7, 11) is 3.90. The zero-order valence-electron chi connectivity index (χ0n) is 12.9. The largest absolute Gasteiger partial charge is 0.357 e. The summed E-state index contributed by atoms with van der Waals surface area (Å²) in [6.45, 7) is 5.30. The number of hydrogen-bond acceptors (Lipinski definition) is 6. The zero-order chi connectivity index (χ0) is 14.4. The van der Waals surface area contributed by atoms with Crippen LogP contribution in [0.25, 0.3) is 0 Å². The SMILES string of the molecule is CCCCCN(C)c1nc(NC)nc(N2CCCC2)n1. The molecule has 1 aromatic rings. The van der Waals surface area contributed by atoms with Gasteiger partial charge in [0, 0.05) is 33.7 Å². The van der Waals surface area contributed by atoms with Crippen molar-refractivity contribution in [3.63, 3.8) is 0 Å². The second-order valence-corrected chi connectivity index (χ2v) is 5.33. The molecule has 6 heteroatoms. The standard InChI is InChI=1S/C14H26N6/c1-4-5-6-9-19(3)13-16-12(15-2)17-14(18-13)20-10-7-8-11-20/h4-11H2,1-3H3,(H,15,16,17,18). The summed E-state index contributed by atoms with van der Waals surface area (Å²) in [4.78, 5) is 17.9. The number of hydrogen-bond donors (Lipinski definition) is 1. The van der Waals surface area contributed by atoms with Crippen molar-refractivity contribution in [1.29, 1.82) is 0 Å². The van der Waals surface area contributed by atoms with Crippen LogP contribution in [0.2, 0.25) is 0 Å². The third kappa shape index (κ3) is 3.71. The van der Waals surface area contributed by atoms with Crippen LogP contribution in [-0.4, -0.2) is 48.7 Å². The molecule has 2 heterocycles. The molecule has 1 fully saturated rings. The molecule has 0 radical (unpaired) electrons. The van der Waals surface area contributed by atoms with Crippen LogP contribution in [0.3, 0.4) is 0 Å². The van der Waals surface area contributed by atoms with Crippen LogP contribution in [0.1, 0.15) is 39.0 Å². The second kappa shape index (κ2) is 7.26. The molecule has 0 saturated carbocycles. The molecule has 20 heavy (non-hydrogen) atoms. The van der Waals surface area contributed by atoms with Crippen molar-refractivity contribution in [3.8, 4) is 0 Å². The van der Waals surface area contributed by atoms with E-state index in [4.69, 9.17) is 0 Å². The maximum atomic E-state index is 4.63. The fourth-order valence-electron chi connectivity index (χ4n) is 2.39. The molecule has 0 atom stereocenters. The molecule has 0 spiro atoms. The molecule has 1 aromatic heterocycles. The summed E-state index contributed by atoms with van der Waals surface area (Å²) >= 11 is 0. The number of nitrogens with zero attached hydrogens (tertiary/aromatic N) is 5. The molecule has 2 rings (SSSR count). The molecule has 0 unspecified atom stereocenters. The van der Waals surface area contributed by atoms with Crippen LogP contribution in [0.15, 0.2) is 0 Å². The lowest BCUT2D eigenvalue weighted by Gasteiger charge is -2.21. The third-order valence-corrected chi connectivity index (χ3v) is 3.66. The molecule has 1 N–H and O–H groups in total. The highest BCUT2D eigenvalue weighted by atomic mass is 15.4. The fourth-order valence-corrected chi connectivity index (χ4v) is 2.39. The van der Waals surface area contributed by atoms with Crippen molar-refractivity contribution < 1.29 is 0 Å². The van der Waals surface area contributed by atoms with Gasteiger partial charge in [-0.2, -0.15) is 15.0 Å². The highest BCUT2D eigenvalue weighted by Crippen LogP contribution is 2.19. The van der Waals surface area contributed by atoms with Gasteiger partial charge in [0.05, 0.1) is 0 Å². The lowest BCUT2D eigenvalue weighted by molar-refractivity contribution is 0.694. The van der Waals surface area contributed by atoms with Gasteiger partial charge >= 0.3 is 0 Å². The van der Waals surface area contributed by atoms with E-state index in [1.807, 2.05) is 7.05 Å². The van der Waals surface area contributed by atoms with Crippen LogP contribution >= 0.6 is 0 Å². The molecule has 0 aliphatic carbocycles. The summed E-state index contributed by atoms with van der Waals surface area (Å²) in [5.74, 6) is 2.22. The van der Waals surface area contributed by atoms with Crippen LogP contribution in [-0.2, 0) is 0 Å². The van der Waals surface area contributed by atoms with Gasteiger partial charge in [0.2, 0.25) is 17.8 Å². The van der Waals surface area contributed by atoms with E-state index in [2.05, 4.69) is 44.0 Å². The predicted molar refractivity (Wildman–Crippen MR) is 83.6 cm³/mol. The van der Waals surface area contributed by atoms with Crippen LogP contribution < -0.4 is 15.1 Å². The van der Waals surface area contributed by atoms with Gasteiger partial charge in [0.25, 0.3) is 0 Å². The molecule has 1 saturated heterocycles. The molecule has 0 amide bonds. The Labute approximate surface area is 121 Å². The van der Waals surface area contributed by atoms with Crippen molar-refractivity contribution >= 4 is 17.8 Å². The molecular weight excluding hydrogens is 252 g/mol. The van der Waals surface area contributed by atoms with E-state index in [0.717, 1.165) is 31.5 Å². The van der Waals surface area contributed by atoms with E-state index < -0.39 is 0 Å². The molecule has 1 aliphatic heterocycles. The first-order chi connectivity index (χ1) is 9.74. The van der Waals surface area contributed by atoms with E-state index in [9.17, 15) is 0 Å². The minimum absolute atomic E-state index is 0.652. The van der Waals surface area contributed by atoms with E-state index in [1.165, 1.54) is 32.1 Å². The molecule has 112 valence electrons. The van der Waals surface area contributed by atoms with E-state index >= 15 is 0 Å². The lowest BCUT2D eigenvalue weighted by Crippen LogP contribution is -2.26. The first-order valence-corrected chi connectivity index (χ1v) is 7.64. The van der Waals surface area contributed by atoms with Crippen LogP contribution in [0.4, 0.5) is 17.8 Å². The minimum Gasteiger partial charge on any atom is -0.357 e. The number of aromatic nitrogens is 3. The Balaban J connectivity index is 2.12. The van der Waals surface area contributed by atoms with E-state index in [0.29, 0.717) is 5.95 Å². The third-order valence-electron chi connectivity index (χ3n) is 3.66. The summed E-state index contributed by atoms with van der Waals surface area (Å²) < 4.78 is 0. The molecular formula is C14H26N6. The minimum atomic E-state index is 0.652. The quantitative estimate of drug-likeness (QED) is 0.771. The smallest absolute Gasteiger partial charge is 0.231 e.